The van der Waals surface area contributed by atoms with Gasteiger partial charge < -0.3 is 5.32 Å². The van der Waals surface area contributed by atoms with E-state index in [0.717, 1.165) is 18.2 Å². The van der Waals surface area contributed by atoms with Crippen LogP contribution in [-0.4, -0.2) is 22.5 Å². The molecule has 0 saturated carbocycles. The SMILES string of the molecule is CC1CSCC1NCc1ccccn1. The first kappa shape index (κ1) is 9.99. The molecule has 2 heterocycles. The van der Waals surface area contributed by atoms with Crippen LogP contribution in [0, 0.1) is 5.92 Å². The lowest BCUT2D eigenvalue weighted by molar-refractivity contribution is 0.451. The Hall–Kier alpha value is -0.540. The molecule has 1 aromatic rings. The van der Waals surface area contributed by atoms with E-state index >= 15 is 0 Å². The molecule has 2 unspecified atom stereocenters. The topological polar surface area (TPSA) is 24.9 Å². The quantitative estimate of drug-likeness (QED) is 0.821. The average Bonchev–Trinajstić information content (AvgIpc) is 2.63. The second kappa shape index (κ2) is 4.80. The van der Waals surface area contributed by atoms with Gasteiger partial charge in [0.1, 0.15) is 0 Å². The van der Waals surface area contributed by atoms with Crippen LogP contribution in [-0.2, 0) is 6.54 Å². The summed E-state index contributed by atoms with van der Waals surface area (Å²) in [5, 5.41) is 3.56. The molecule has 0 radical (unpaired) electrons. The molecule has 0 amide bonds. The fraction of sp³-hybridized carbons (Fsp3) is 0.545. The number of nitrogens with zero attached hydrogens (tertiary/aromatic N) is 1. The van der Waals surface area contributed by atoms with Crippen molar-refractivity contribution in [1.82, 2.24) is 10.3 Å². The molecule has 0 bridgehead atoms. The molecular formula is C11H16N2S. The van der Waals surface area contributed by atoms with E-state index in [9.17, 15) is 0 Å². The summed E-state index contributed by atoms with van der Waals surface area (Å²) < 4.78 is 0. The first-order valence-electron chi connectivity index (χ1n) is 5.07. The summed E-state index contributed by atoms with van der Waals surface area (Å²) in [4.78, 5) is 4.30. The van der Waals surface area contributed by atoms with E-state index < -0.39 is 0 Å². The minimum Gasteiger partial charge on any atom is -0.307 e. The number of aromatic nitrogens is 1. The van der Waals surface area contributed by atoms with E-state index in [1.54, 1.807) is 0 Å². The maximum absolute atomic E-state index is 4.30. The van der Waals surface area contributed by atoms with Crippen molar-refractivity contribution in [2.45, 2.75) is 19.5 Å². The molecule has 2 atom stereocenters. The molecule has 2 rings (SSSR count). The molecule has 3 heteroatoms. The van der Waals surface area contributed by atoms with E-state index in [-0.39, 0.29) is 0 Å². The van der Waals surface area contributed by atoms with Gasteiger partial charge in [-0.1, -0.05) is 13.0 Å². The second-order valence-corrected chi connectivity index (χ2v) is 4.90. The van der Waals surface area contributed by atoms with E-state index in [0.29, 0.717) is 6.04 Å². The maximum Gasteiger partial charge on any atom is 0.0541 e. The van der Waals surface area contributed by atoms with Gasteiger partial charge in [-0.2, -0.15) is 11.8 Å². The van der Waals surface area contributed by atoms with Crippen molar-refractivity contribution in [2.75, 3.05) is 11.5 Å². The summed E-state index contributed by atoms with van der Waals surface area (Å²) in [5.74, 6) is 3.33. The summed E-state index contributed by atoms with van der Waals surface area (Å²) in [6.07, 6.45) is 1.85. The third-order valence-corrected chi connectivity index (χ3v) is 3.99. The van der Waals surface area contributed by atoms with Crippen molar-refractivity contribution in [3.05, 3.63) is 30.1 Å². The Morgan fingerprint density at radius 3 is 3.07 bits per heavy atom. The van der Waals surface area contributed by atoms with E-state index in [4.69, 9.17) is 0 Å². The largest absolute Gasteiger partial charge is 0.307 e. The third kappa shape index (κ3) is 2.49. The predicted octanol–water partition coefficient (Wildman–Crippen LogP) is 1.92. The van der Waals surface area contributed by atoms with Crippen LogP contribution in [0.5, 0.6) is 0 Å². The van der Waals surface area contributed by atoms with Crippen LogP contribution in [0.25, 0.3) is 0 Å². The molecule has 1 aliphatic heterocycles. The standard InChI is InChI=1S/C11H16N2S/c1-9-7-14-8-11(9)13-6-10-4-2-3-5-12-10/h2-5,9,11,13H,6-8H2,1H3. The van der Waals surface area contributed by atoms with E-state index in [1.165, 1.54) is 11.5 Å². The molecule has 76 valence electrons. The van der Waals surface area contributed by atoms with Gasteiger partial charge in [0.15, 0.2) is 0 Å². The van der Waals surface area contributed by atoms with Crippen molar-refractivity contribution < 1.29 is 0 Å². The van der Waals surface area contributed by atoms with Gasteiger partial charge in [-0.15, -0.1) is 0 Å². The zero-order valence-corrected chi connectivity index (χ0v) is 9.26. The van der Waals surface area contributed by atoms with Crippen LogP contribution in [0.4, 0.5) is 0 Å². The minimum absolute atomic E-state index is 0.669. The van der Waals surface area contributed by atoms with Crippen molar-refractivity contribution in [2.24, 2.45) is 5.92 Å². The molecule has 14 heavy (non-hydrogen) atoms. The summed E-state index contributed by atoms with van der Waals surface area (Å²) >= 11 is 2.04. The van der Waals surface area contributed by atoms with E-state index in [1.807, 2.05) is 30.1 Å². The Morgan fingerprint density at radius 1 is 1.50 bits per heavy atom. The normalized spacial score (nSPS) is 26.6. The van der Waals surface area contributed by atoms with Gasteiger partial charge in [0.05, 0.1) is 5.69 Å². The van der Waals surface area contributed by atoms with Gasteiger partial charge >= 0.3 is 0 Å². The summed E-state index contributed by atoms with van der Waals surface area (Å²) in [5.41, 5.74) is 1.14. The van der Waals surface area contributed by atoms with Gasteiger partial charge in [-0.25, -0.2) is 0 Å². The summed E-state index contributed by atoms with van der Waals surface area (Å²) in [6, 6.07) is 6.73. The van der Waals surface area contributed by atoms with Crippen LogP contribution in [0.3, 0.4) is 0 Å². The fourth-order valence-electron chi connectivity index (χ4n) is 1.66. The van der Waals surface area contributed by atoms with Crippen LogP contribution >= 0.6 is 11.8 Å². The van der Waals surface area contributed by atoms with E-state index in [2.05, 4.69) is 23.3 Å². The van der Waals surface area contributed by atoms with Crippen LogP contribution < -0.4 is 5.32 Å². The number of thioether (sulfide) groups is 1. The zero-order chi connectivity index (χ0) is 9.80. The number of pyridine rings is 1. The van der Waals surface area contributed by atoms with Crippen molar-refractivity contribution in [3.8, 4) is 0 Å². The maximum atomic E-state index is 4.30. The Kier molecular flexibility index (Phi) is 3.43. The number of rotatable bonds is 3. The number of hydrogen-bond donors (Lipinski definition) is 1. The van der Waals surface area contributed by atoms with Crippen molar-refractivity contribution >= 4 is 11.8 Å². The van der Waals surface area contributed by atoms with Gasteiger partial charge in [-0.05, 0) is 23.8 Å². The summed E-state index contributed by atoms with van der Waals surface area (Å²) in [7, 11) is 0. The van der Waals surface area contributed by atoms with Crippen molar-refractivity contribution in [3.63, 3.8) is 0 Å². The Bertz CT molecular complexity index is 276. The Morgan fingerprint density at radius 2 is 2.43 bits per heavy atom. The lowest BCUT2D eigenvalue weighted by Crippen LogP contribution is -2.33. The molecule has 0 aliphatic carbocycles. The highest BCUT2D eigenvalue weighted by atomic mass is 32.2. The molecule has 1 fully saturated rings. The molecule has 2 nitrogen and oxygen atoms in total. The van der Waals surface area contributed by atoms with Crippen LogP contribution in [0.2, 0.25) is 0 Å². The fourth-order valence-corrected chi connectivity index (χ4v) is 3.10. The number of nitrogens with one attached hydrogen (secondary N) is 1. The smallest absolute Gasteiger partial charge is 0.0541 e. The first-order valence-corrected chi connectivity index (χ1v) is 6.23. The van der Waals surface area contributed by atoms with Gasteiger partial charge in [0.2, 0.25) is 0 Å². The first-order chi connectivity index (χ1) is 6.86. The minimum atomic E-state index is 0.669. The van der Waals surface area contributed by atoms with Gasteiger partial charge in [0, 0.05) is 24.5 Å². The molecule has 0 aromatic carbocycles. The average molecular weight is 208 g/mol. The zero-order valence-electron chi connectivity index (χ0n) is 8.44. The predicted molar refractivity (Wildman–Crippen MR) is 61.4 cm³/mol. The highest BCUT2D eigenvalue weighted by Crippen LogP contribution is 2.23. The van der Waals surface area contributed by atoms with Gasteiger partial charge in [0.25, 0.3) is 0 Å². The molecular weight excluding hydrogens is 192 g/mol. The van der Waals surface area contributed by atoms with Crippen LogP contribution in [0.1, 0.15) is 12.6 Å². The molecule has 0 spiro atoms. The highest BCUT2D eigenvalue weighted by molar-refractivity contribution is 7.99. The summed E-state index contributed by atoms with van der Waals surface area (Å²) in [6.45, 7) is 3.21. The van der Waals surface area contributed by atoms with Crippen molar-refractivity contribution in [1.29, 1.82) is 0 Å². The molecule has 1 aromatic heterocycles. The third-order valence-electron chi connectivity index (χ3n) is 2.64. The molecule has 1 saturated heterocycles. The second-order valence-electron chi connectivity index (χ2n) is 3.82. The lowest BCUT2D eigenvalue weighted by Gasteiger charge is -2.15. The molecule has 1 N–H and O–H groups in total. The Balaban J connectivity index is 1.82. The highest BCUT2D eigenvalue weighted by Gasteiger charge is 2.22. The number of hydrogen-bond acceptors (Lipinski definition) is 3. The lowest BCUT2D eigenvalue weighted by atomic mass is 10.1. The Labute approximate surface area is 89.5 Å². The van der Waals surface area contributed by atoms with Gasteiger partial charge in [-0.3, -0.25) is 4.98 Å². The monoisotopic (exact) mass is 208 g/mol. The van der Waals surface area contributed by atoms with Crippen LogP contribution in [0.15, 0.2) is 24.4 Å². The molecule has 1 aliphatic rings.